The first kappa shape index (κ1) is 15.7. The normalized spacial score (nSPS) is 34.7. The minimum atomic E-state index is -2.78. The number of piperazine rings is 1. The third kappa shape index (κ3) is 3.49. The van der Waals surface area contributed by atoms with E-state index in [-0.39, 0.29) is 6.04 Å². The van der Waals surface area contributed by atoms with Gasteiger partial charge in [0, 0.05) is 38.1 Å². The van der Waals surface area contributed by atoms with Crippen LogP contribution in [0.15, 0.2) is 16.5 Å². The zero-order valence-corrected chi connectivity index (χ0v) is 14.6. The Morgan fingerprint density at radius 2 is 1.96 bits per heavy atom. The summed E-state index contributed by atoms with van der Waals surface area (Å²) in [5, 5.41) is 0. The molecule has 0 N–H and O–H groups in total. The summed E-state index contributed by atoms with van der Waals surface area (Å²) in [5.41, 5.74) is 0. The van der Waals surface area contributed by atoms with Crippen molar-refractivity contribution in [1.29, 1.82) is 0 Å². The van der Waals surface area contributed by atoms with Crippen LogP contribution in [0.3, 0.4) is 0 Å². The summed E-state index contributed by atoms with van der Waals surface area (Å²) >= 11 is 0. The van der Waals surface area contributed by atoms with E-state index in [1.807, 2.05) is 0 Å². The molecule has 3 aliphatic rings. The Hall–Kier alpha value is -0.850. The third-order valence-electron chi connectivity index (χ3n) is 5.67. The maximum atomic E-state index is 11.6. The van der Waals surface area contributed by atoms with Gasteiger partial charge in [-0.2, -0.15) is 0 Å². The Morgan fingerprint density at radius 3 is 2.57 bits per heavy atom. The van der Waals surface area contributed by atoms with Crippen molar-refractivity contribution >= 4 is 9.84 Å². The number of sulfone groups is 1. The maximum Gasteiger partial charge on any atom is 0.151 e. The minimum Gasteiger partial charge on any atom is -0.464 e. The molecule has 0 aromatic carbocycles. The molecule has 0 radical (unpaired) electrons. The number of furan rings is 1. The van der Waals surface area contributed by atoms with E-state index < -0.39 is 9.84 Å². The molecule has 0 bridgehead atoms. The van der Waals surface area contributed by atoms with Crippen molar-refractivity contribution in [3.63, 3.8) is 0 Å². The van der Waals surface area contributed by atoms with E-state index in [4.69, 9.17) is 4.42 Å². The van der Waals surface area contributed by atoms with Gasteiger partial charge >= 0.3 is 0 Å². The Kier molecular flexibility index (Phi) is 4.02. The summed E-state index contributed by atoms with van der Waals surface area (Å²) in [6, 6.07) is 4.51. The molecule has 2 saturated heterocycles. The van der Waals surface area contributed by atoms with Crippen LogP contribution in [0.2, 0.25) is 0 Å². The van der Waals surface area contributed by atoms with E-state index >= 15 is 0 Å². The van der Waals surface area contributed by atoms with Crippen LogP contribution in [0.5, 0.6) is 0 Å². The molecule has 128 valence electrons. The second-order valence-corrected chi connectivity index (χ2v) is 9.72. The molecular weight excluding hydrogens is 312 g/mol. The van der Waals surface area contributed by atoms with Crippen molar-refractivity contribution in [2.24, 2.45) is 5.92 Å². The van der Waals surface area contributed by atoms with Gasteiger partial charge < -0.3 is 4.42 Å². The van der Waals surface area contributed by atoms with E-state index in [0.29, 0.717) is 17.4 Å². The van der Waals surface area contributed by atoms with Crippen LogP contribution in [0, 0.1) is 5.92 Å². The van der Waals surface area contributed by atoms with E-state index in [1.165, 1.54) is 6.42 Å². The molecular formula is C17H26N2O3S. The lowest BCUT2D eigenvalue weighted by atomic mass is 10.2. The maximum absolute atomic E-state index is 11.6. The molecule has 1 aliphatic carbocycles. The zero-order valence-electron chi connectivity index (χ0n) is 13.8. The molecule has 1 aromatic rings. The molecule has 0 unspecified atom stereocenters. The fourth-order valence-electron chi connectivity index (χ4n) is 3.97. The highest BCUT2D eigenvalue weighted by Crippen LogP contribution is 2.47. The molecule has 0 spiro atoms. The largest absolute Gasteiger partial charge is 0.464 e. The number of hydrogen-bond donors (Lipinski definition) is 0. The summed E-state index contributed by atoms with van der Waals surface area (Å²) in [5.74, 6) is 4.37. The van der Waals surface area contributed by atoms with Crippen LogP contribution in [0.25, 0.3) is 0 Å². The van der Waals surface area contributed by atoms with Crippen molar-refractivity contribution in [2.75, 3.05) is 37.7 Å². The van der Waals surface area contributed by atoms with Gasteiger partial charge in [-0.1, -0.05) is 6.92 Å². The summed E-state index contributed by atoms with van der Waals surface area (Å²) < 4.78 is 29.3. The number of rotatable bonds is 4. The predicted octanol–water partition coefficient (Wildman–Crippen LogP) is 1.71. The van der Waals surface area contributed by atoms with Crippen LogP contribution in [-0.2, 0) is 16.4 Å². The lowest BCUT2D eigenvalue weighted by Gasteiger charge is -2.37. The van der Waals surface area contributed by atoms with Crippen molar-refractivity contribution < 1.29 is 12.8 Å². The lowest BCUT2D eigenvalue weighted by Crippen LogP contribution is -2.50. The van der Waals surface area contributed by atoms with E-state index in [0.717, 1.165) is 56.6 Å². The summed E-state index contributed by atoms with van der Waals surface area (Å²) in [6.45, 7) is 7.06. The highest BCUT2D eigenvalue weighted by Gasteiger charge is 2.37. The topological polar surface area (TPSA) is 53.8 Å². The number of hydrogen-bond acceptors (Lipinski definition) is 5. The lowest BCUT2D eigenvalue weighted by molar-refractivity contribution is 0.0951. The average Bonchev–Trinajstić information content (AvgIpc) is 2.92. The van der Waals surface area contributed by atoms with Crippen molar-refractivity contribution in [2.45, 2.75) is 38.3 Å². The Labute approximate surface area is 138 Å². The van der Waals surface area contributed by atoms with Crippen molar-refractivity contribution in [3.8, 4) is 0 Å². The first-order valence-electron chi connectivity index (χ1n) is 8.75. The second kappa shape index (κ2) is 5.90. The SMILES string of the molecule is C[C@@H]1C[C@H]1c1ccc(CN2CCN([C@H]3CCS(=O)(=O)C3)CC2)o1. The molecule has 1 aromatic heterocycles. The van der Waals surface area contributed by atoms with E-state index in [2.05, 4.69) is 28.9 Å². The summed E-state index contributed by atoms with van der Waals surface area (Å²) in [6.07, 6.45) is 2.07. The Bertz CT molecular complexity index is 661. The van der Waals surface area contributed by atoms with Gasteiger partial charge in [0.2, 0.25) is 0 Å². The molecule has 3 heterocycles. The van der Waals surface area contributed by atoms with E-state index in [9.17, 15) is 8.42 Å². The Balaban J connectivity index is 1.27. The summed E-state index contributed by atoms with van der Waals surface area (Å²) in [4.78, 5) is 4.78. The van der Waals surface area contributed by atoms with Crippen LogP contribution in [0.4, 0.5) is 0 Å². The highest BCUT2D eigenvalue weighted by atomic mass is 32.2. The molecule has 23 heavy (non-hydrogen) atoms. The van der Waals surface area contributed by atoms with Crippen LogP contribution < -0.4 is 0 Å². The van der Waals surface area contributed by atoms with Gasteiger partial charge in [0.25, 0.3) is 0 Å². The van der Waals surface area contributed by atoms with Gasteiger partial charge in [-0.05, 0) is 30.9 Å². The van der Waals surface area contributed by atoms with Crippen LogP contribution >= 0.6 is 0 Å². The molecule has 2 aliphatic heterocycles. The molecule has 5 nitrogen and oxygen atoms in total. The summed E-state index contributed by atoms with van der Waals surface area (Å²) in [7, 11) is -2.78. The molecule has 6 heteroatoms. The molecule has 4 rings (SSSR count). The van der Waals surface area contributed by atoms with Crippen LogP contribution in [0.1, 0.15) is 37.2 Å². The molecule has 3 atom stereocenters. The fraction of sp³-hybridized carbons (Fsp3) is 0.765. The standard InChI is InChI=1S/C17H26N2O3S/c1-13-10-16(13)17-3-2-15(22-17)11-18-5-7-19(8-6-18)14-4-9-23(20,21)12-14/h2-3,13-14,16H,4-12H2,1H3/t13-,14+,16-/m1/s1. The monoisotopic (exact) mass is 338 g/mol. The highest BCUT2D eigenvalue weighted by molar-refractivity contribution is 7.91. The van der Waals surface area contributed by atoms with Crippen LogP contribution in [-0.4, -0.2) is 61.9 Å². The predicted molar refractivity (Wildman–Crippen MR) is 89.1 cm³/mol. The molecule has 1 saturated carbocycles. The van der Waals surface area contributed by atoms with Crippen molar-refractivity contribution in [3.05, 3.63) is 23.7 Å². The molecule has 3 fully saturated rings. The first-order chi connectivity index (χ1) is 11.0. The number of nitrogens with zero attached hydrogens (tertiary/aromatic N) is 2. The smallest absolute Gasteiger partial charge is 0.151 e. The van der Waals surface area contributed by atoms with Crippen molar-refractivity contribution in [1.82, 2.24) is 9.80 Å². The fourth-order valence-corrected chi connectivity index (χ4v) is 5.73. The third-order valence-corrected chi connectivity index (χ3v) is 7.42. The second-order valence-electron chi connectivity index (χ2n) is 7.49. The Morgan fingerprint density at radius 1 is 1.22 bits per heavy atom. The first-order valence-corrected chi connectivity index (χ1v) is 10.6. The average molecular weight is 338 g/mol. The van der Waals surface area contributed by atoms with E-state index in [1.54, 1.807) is 0 Å². The minimum absolute atomic E-state index is 0.244. The zero-order chi connectivity index (χ0) is 16.0. The quantitative estimate of drug-likeness (QED) is 0.836. The van der Waals surface area contributed by atoms with Gasteiger partial charge in [-0.25, -0.2) is 8.42 Å². The molecule has 0 amide bonds. The van der Waals surface area contributed by atoms with Gasteiger partial charge in [-0.3, -0.25) is 9.80 Å². The van der Waals surface area contributed by atoms with Gasteiger partial charge in [0.1, 0.15) is 11.5 Å². The van der Waals surface area contributed by atoms with Gasteiger partial charge in [-0.15, -0.1) is 0 Å². The van der Waals surface area contributed by atoms with Gasteiger partial charge in [0.15, 0.2) is 9.84 Å². The van der Waals surface area contributed by atoms with Gasteiger partial charge in [0.05, 0.1) is 18.1 Å².